The van der Waals surface area contributed by atoms with Gasteiger partial charge in [0.05, 0.1) is 11.5 Å². The molecule has 1 N–H and O–H groups in total. The number of nitrogens with zero attached hydrogens (tertiary/aromatic N) is 1. The van der Waals surface area contributed by atoms with Crippen molar-refractivity contribution in [1.82, 2.24) is 4.31 Å². The lowest BCUT2D eigenvalue weighted by Crippen LogP contribution is -2.41. The van der Waals surface area contributed by atoms with Crippen LogP contribution in [0.25, 0.3) is 0 Å². The van der Waals surface area contributed by atoms with Gasteiger partial charge in [-0.3, -0.25) is 0 Å². The lowest BCUT2D eigenvalue weighted by atomic mass is 10.1. The van der Waals surface area contributed by atoms with Gasteiger partial charge in [-0.25, -0.2) is 8.42 Å². The van der Waals surface area contributed by atoms with E-state index in [0.717, 1.165) is 24.8 Å². The number of benzene rings is 1. The van der Waals surface area contributed by atoms with Gasteiger partial charge in [-0.15, -0.1) is 0 Å². The van der Waals surface area contributed by atoms with Crippen LogP contribution in [-0.2, 0) is 10.0 Å². The molecule has 1 atom stereocenters. The Morgan fingerprint density at radius 2 is 2.00 bits per heavy atom. The van der Waals surface area contributed by atoms with Crippen LogP contribution in [0.2, 0.25) is 0 Å². The highest BCUT2D eigenvalue weighted by Gasteiger charge is 2.30. The summed E-state index contributed by atoms with van der Waals surface area (Å²) in [4.78, 5) is 0.323. The lowest BCUT2D eigenvalue weighted by molar-refractivity contribution is 0.268. The lowest BCUT2D eigenvalue weighted by Gasteiger charge is -2.32. The number of piperidine rings is 1. The second-order valence-electron chi connectivity index (χ2n) is 5.26. The first-order valence-electron chi connectivity index (χ1n) is 7.27. The standard InChI is InChI=1S/C16H21NO3S/c1-14-6-2-4-12-17(14)21(19,20)16-10-8-15(9-11-16)7-3-5-13-18/h8-11,14,18H,2,4-6,12-13H2,1H3. The summed E-state index contributed by atoms with van der Waals surface area (Å²) in [6, 6.07) is 6.71. The third-order valence-electron chi connectivity index (χ3n) is 3.67. The summed E-state index contributed by atoms with van der Waals surface area (Å²) in [5.74, 6) is 5.71. The van der Waals surface area contributed by atoms with Gasteiger partial charge in [0.1, 0.15) is 0 Å². The summed E-state index contributed by atoms with van der Waals surface area (Å²) in [7, 11) is -3.41. The molecule has 4 nitrogen and oxygen atoms in total. The fourth-order valence-electron chi connectivity index (χ4n) is 2.49. The topological polar surface area (TPSA) is 57.6 Å². The second-order valence-corrected chi connectivity index (χ2v) is 7.15. The van der Waals surface area contributed by atoms with Crippen molar-refractivity contribution < 1.29 is 13.5 Å². The van der Waals surface area contributed by atoms with Crippen LogP contribution < -0.4 is 0 Å². The molecule has 0 amide bonds. The van der Waals surface area contributed by atoms with Crippen LogP contribution in [0.1, 0.15) is 38.2 Å². The van der Waals surface area contributed by atoms with E-state index in [9.17, 15) is 8.42 Å². The maximum atomic E-state index is 12.6. The third-order valence-corrected chi connectivity index (χ3v) is 5.70. The number of aliphatic hydroxyl groups excluding tert-OH is 1. The van der Waals surface area contributed by atoms with Crippen molar-refractivity contribution in [2.75, 3.05) is 13.2 Å². The zero-order valence-electron chi connectivity index (χ0n) is 12.2. The van der Waals surface area contributed by atoms with Crippen molar-refractivity contribution in [3.05, 3.63) is 29.8 Å². The van der Waals surface area contributed by atoms with Crippen LogP contribution in [0.3, 0.4) is 0 Å². The van der Waals surface area contributed by atoms with Gasteiger partial charge < -0.3 is 5.11 Å². The SMILES string of the molecule is CC1CCCCN1S(=O)(=O)c1ccc(C#CCCO)cc1. The molecule has 1 aromatic carbocycles. The summed E-state index contributed by atoms with van der Waals surface area (Å²) in [5, 5.41) is 8.68. The molecule has 1 heterocycles. The highest BCUT2D eigenvalue weighted by atomic mass is 32.2. The van der Waals surface area contributed by atoms with Gasteiger partial charge in [0, 0.05) is 24.6 Å². The highest BCUT2D eigenvalue weighted by molar-refractivity contribution is 7.89. The van der Waals surface area contributed by atoms with E-state index in [4.69, 9.17) is 5.11 Å². The van der Waals surface area contributed by atoms with E-state index in [1.165, 1.54) is 0 Å². The molecule has 0 saturated carbocycles. The van der Waals surface area contributed by atoms with E-state index in [1.54, 1.807) is 28.6 Å². The Labute approximate surface area is 126 Å². The van der Waals surface area contributed by atoms with Gasteiger partial charge in [-0.2, -0.15) is 4.31 Å². The summed E-state index contributed by atoms with van der Waals surface area (Å²) in [5.41, 5.74) is 0.758. The van der Waals surface area contributed by atoms with Crippen molar-refractivity contribution >= 4 is 10.0 Å². The largest absolute Gasteiger partial charge is 0.395 e. The Balaban J connectivity index is 2.19. The third kappa shape index (κ3) is 3.85. The van der Waals surface area contributed by atoms with Crippen molar-refractivity contribution in [3.63, 3.8) is 0 Å². The molecule has 1 aliphatic heterocycles. The minimum Gasteiger partial charge on any atom is -0.395 e. The molecular formula is C16H21NO3S. The number of hydrogen-bond donors (Lipinski definition) is 1. The average Bonchev–Trinajstić information content (AvgIpc) is 2.48. The van der Waals surface area contributed by atoms with Crippen molar-refractivity contribution in [2.45, 2.75) is 43.5 Å². The van der Waals surface area contributed by atoms with Crippen LogP contribution in [0.15, 0.2) is 29.2 Å². The Morgan fingerprint density at radius 1 is 1.29 bits per heavy atom. The average molecular weight is 307 g/mol. The van der Waals surface area contributed by atoms with Crippen LogP contribution >= 0.6 is 0 Å². The Morgan fingerprint density at radius 3 is 2.62 bits per heavy atom. The predicted octanol–water partition coefficient (Wildman–Crippen LogP) is 1.98. The van der Waals surface area contributed by atoms with E-state index < -0.39 is 10.0 Å². The highest BCUT2D eigenvalue weighted by Crippen LogP contribution is 2.25. The van der Waals surface area contributed by atoms with E-state index in [1.807, 2.05) is 6.92 Å². The van der Waals surface area contributed by atoms with E-state index in [-0.39, 0.29) is 12.6 Å². The summed E-state index contributed by atoms with van der Waals surface area (Å²) in [6.07, 6.45) is 3.36. The van der Waals surface area contributed by atoms with Gasteiger partial charge in [-0.05, 0) is 44.0 Å². The van der Waals surface area contributed by atoms with Gasteiger partial charge in [0.25, 0.3) is 0 Å². The molecular weight excluding hydrogens is 286 g/mol. The number of rotatable bonds is 3. The summed E-state index contributed by atoms with van der Waals surface area (Å²) in [6.45, 7) is 2.60. The predicted molar refractivity (Wildman–Crippen MR) is 82.2 cm³/mol. The molecule has 1 unspecified atom stereocenters. The van der Waals surface area contributed by atoms with Crippen molar-refractivity contribution in [3.8, 4) is 11.8 Å². The van der Waals surface area contributed by atoms with Crippen molar-refractivity contribution in [2.24, 2.45) is 0 Å². The molecule has 1 saturated heterocycles. The number of aliphatic hydroxyl groups is 1. The van der Waals surface area contributed by atoms with Crippen LogP contribution in [0, 0.1) is 11.8 Å². The van der Waals surface area contributed by atoms with Gasteiger partial charge >= 0.3 is 0 Å². The molecule has 0 radical (unpaired) electrons. The zero-order valence-corrected chi connectivity index (χ0v) is 13.1. The molecule has 0 bridgehead atoms. The minimum atomic E-state index is -3.41. The number of sulfonamides is 1. The first-order chi connectivity index (χ1) is 10.1. The maximum absolute atomic E-state index is 12.6. The first-order valence-corrected chi connectivity index (χ1v) is 8.71. The van der Waals surface area contributed by atoms with E-state index in [2.05, 4.69) is 11.8 Å². The number of hydrogen-bond acceptors (Lipinski definition) is 3. The quantitative estimate of drug-likeness (QED) is 0.869. The zero-order chi connectivity index (χ0) is 15.3. The molecule has 2 rings (SSSR count). The smallest absolute Gasteiger partial charge is 0.243 e. The van der Waals surface area contributed by atoms with Gasteiger partial charge in [-0.1, -0.05) is 18.3 Å². The van der Waals surface area contributed by atoms with Gasteiger partial charge in [0.2, 0.25) is 10.0 Å². The van der Waals surface area contributed by atoms with Gasteiger partial charge in [0.15, 0.2) is 0 Å². The van der Waals surface area contributed by atoms with E-state index in [0.29, 0.717) is 17.9 Å². The molecule has 0 spiro atoms. The summed E-state index contributed by atoms with van der Waals surface area (Å²) >= 11 is 0. The van der Waals surface area contributed by atoms with Crippen LogP contribution in [0.4, 0.5) is 0 Å². The molecule has 5 heteroatoms. The normalized spacial score (nSPS) is 19.8. The molecule has 0 aromatic heterocycles. The second kappa shape index (κ2) is 7.08. The minimum absolute atomic E-state index is 0.0340. The molecule has 1 fully saturated rings. The van der Waals surface area contributed by atoms with Crippen molar-refractivity contribution in [1.29, 1.82) is 0 Å². The molecule has 1 aliphatic rings. The maximum Gasteiger partial charge on any atom is 0.243 e. The van der Waals surface area contributed by atoms with Crippen LogP contribution in [-0.4, -0.2) is 37.0 Å². The molecule has 1 aromatic rings. The van der Waals surface area contributed by atoms with E-state index >= 15 is 0 Å². The molecule has 0 aliphatic carbocycles. The fourth-order valence-corrected chi connectivity index (χ4v) is 4.19. The first kappa shape index (κ1) is 16.0. The Bertz CT molecular complexity index is 626. The summed E-state index contributed by atoms with van der Waals surface area (Å²) < 4.78 is 26.9. The Kier molecular flexibility index (Phi) is 5.40. The van der Waals surface area contributed by atoms with Crippen LogP contribution in [0.5, 0.6) is 0 Å². The monoisotopic (exact) mass is 307 g/mol. The fraction of sp³-hybridized carbons (Fsp3) is 0.500. The molecule has 114 valence electrons. The molecule has 21 heavy (non-hydrogen) atoms. The Hall–Kier alpha value is -1.35.